The molecule has 25 heavy (non-hydrogen) atoms. The molecule has 1 N–H and O–H groups in total. The highest BCUT2D eigenvalue weighted by molar-refractivity contribution is 5.92. The molecule has 0 aliphatic heterocycles. The second kappa shape index (κ2) is 9.22. The first-order valence-corrected chi connectivity index (χ1v) is 8.03. The van der Waals surface area contributed by atoms with E-state index in [0.29, 0.717) is 12.1 Å². The Balaban J connectivity index is 1.77. The van der Waals surface area contributed by atoms with Crippen LogP contribution in [0.2, 0.25) is 0 Å². The summed E-state index contributed by atoms with van der Waals surface area (Å²) < 4.78 is 0. The zero-order valence-electron chi connectivity index (χ0n) is 14.1. The van der Waals surface area contributed by atoms with Gasteiger partial charge in [0, 0.05) is 38.0 Å². The summed E-state index contributed by atoms with van der Waals surface area (Å²) in [5, 5.41) is 13.7. The Labute approximate surface area is 146 Å². The molecule has 130 valence electrons. The van der Waals surface area contributed by atoms with Crippen molar-refractivity contribution >= 4 is 23.4 Å². The van der Waals surface area contributed by atoms with Crippen molar-refractivity contribution in [2.45, 2.75) is 6.42 Å². The van der Waals surface area contributed by atoms with Crippen molar-refractivity contribution in [3.05, 3.63) is 76.4 Å². The number of anilines is 1. The molecule has 6 heteroatoms. The van der Waals surface area contributed by atoms with Gasteiger partial charge in [0.15, 0.2) is 0 Å². The summed E-state index contributed by atoms with van der Waals surface area (Å²) in [6.45, 7) is 1.36. The first-order valence-electron chi connectivity index (χ1n) is 8.03. The van der Waals surface area contributed by atoms with Gasteiger partial charge in [-0.25, -0.2) is 0 Å². The lowest BCUT2D eigenvalue weighted by Crippen LogP contribution is -2.26. The van der Waals surface area contributed by atoms with E-state index >= 15 is 0 Å². The Bertz CT molecular complexity index is 745. The van der Waals surface area contributed by atoms with E-state index < -0.39 is 4.92 Å². The van der Waals surface area contributed by atoms with Crippen molar-refractivity contribution < 1.29 is 9.72 Å². The monoisotopic (exact) mass is 339 g/mol. The number of carbonyl (C=O) groups excluding carboxylic acids is 1. The van der Waals surface area contributed by atoms with E-state index in [-0.39, 0.29) is 11.6 Å². The minimum absolute atomic E-state index is 0.0176. The minimum atomic E-state index is -0.461. The summed E-state index contributed by atoms with van der Waals surface area (Å²) in [4.78, 5) is 24.4. The summed E-state index contributed by atoms with van der Waals surface area (Å²) in [6.07, 6.45) is 3.59. The predicted molar refractivity (Wildman–Crippen MR) is 99.5 cm³/mol. The molecule has 0 heterocycles. The van der Waals surface area contributed by atoms with Crippen molar-refractivity contribution in [2.24, 2.45) is 0 Å². The molecule has 0 aliphatic carbocycles. The highest BCUT2D eigenvalue weighted by atomic mass is 16.6. The lowest BCUT2D eigenvalue weighted by molar-refractivity contribution is -0.385. The fraction of sp³-hybridized carbons (Fsp3) is 0.211. The molecule has 2 aromatic carbocycles. The van der Waals surface area contributed by atoms with Gasteiger partial charge in [0.1, 0.15) is 0 Å². The maximum atomic E-state index is 11.8. The van der Waals surface area contributed by atoms with Gasteiger partial charge in [-0.15, -0.1) is 0 Å². The largest absolute Gasteiger partial charge is 0.375 e. The number of nitrogens with zero attached hydrogens (tertiary/aromatic N) is 2. The summed E-state index contributed by atoms with van der Waals surface area (Å²) >= 11 is 0. The molecule has 0 aromatic heterocycles. The number of rotatable bonds is 8. The molecule has 0 aliphatic rings. The van der Waals surface area contributed by atoms with Crippen LogP contribution in [0.3, 0.4) is 0 Å². The molecular weight excluding hydrogens is 318 g/mol. The number of nitro groups is 1. The van der Waals surface area contributed by atoms with E-state index in [1.54, 1.807) is 18.2 Å². The first kappa shape index (κ1) is 18.2. The van der Waals surface area contributed by atoms with Gasteiger partial charge in [0.05, 0.1) is 10.5 Å². The van der Waals surface area contributed by atoms with Gasteiger partial charge in [-0.05, 0) is 30.7 Å². The van der Waals surface area contributed by atoms with Crippen LogP contribution in [0.15, 0.2) is 60.7 Å². The predicted octanol–water partition coefficient (Wildman–Crippen LogP) is 3.25. The van der Waals surface area contributed by atoms with Crippen molar-refractivity contribution in [2.75, 3.05) is 25.0 Å². The standard InChI is InChI=1S/C19H21N3O3/c1-21(17-9-3-2-4-10-17)15-7-14-20-19(23)13-12-16-8-5-6-11-18(16)22(24)25/h2-6,8-13H,7,14-15H2,1H3,(H,20,23)/b13-12+. The number of hydrogen-bond acceptors (Lipinski definition) is 4. The second-order valence-corrected chi connectivity index (χ2v) is 5.55. The van der Waals surface area contributed by atoms with E-state index in [9.17, 15) is 14.9 Å². The zero-order chi connectivity index (χ0) is 18.1. The second-order valence-electron chi connectivity index (χ2n) is 5.55. The van der Waals surface area contributed by atoms with Crippen molar-refractivity contribution in [3.8, 4) is 0 Å². The number of nitro benzene ring substituents is 1. The molecule has 0 unspecified atom stereocenters. The SMILES string of the molecule is CN(CCCNC(=O)/C=C/c1ccccc1[N+](=O)[O-])c1ccccc1. The third-order valence-electron chi connectivity index (χ3n) is 3.71. The van der Waals surface area contributed by atoms with Crippen LogP contribution in [-0.2, 0) is 4.79 Å². The third-order valence-corrected chi connectivity index (χ3v) is 3.71. The van der Waals surface area contributed by atoms with E-state index in [1.165, 1.54) is 18.2 Å². The summed E-state index contributed by atoms with van der Waals surface area (Å²) in [5.74, 6) is -0.263. The summed E-state index contributed by atoms with van der Waals surface area (Å²) in [6, 6.07) is 16.3. The summed E-state index contributed by atoms with van der Waals surface area (Å²) in [5.41, 5.74) is 1.52. The number of benzene rings is 2. The molecule has 0 saturated heterocycles. The minimum Gasteiger partial charge on any atom is -0.375 e. The van der Waals surface area contributed by atoms with Crippen LogP contribution < -0.4 is 10.2 Å². The van der Waals surface area contributed by atoms with E-state index in [1.807, 2.05) is 37.4 Å². The van der Waals surface area contributed by atoms with Crippen LogP contribution in [0.4, 0.5) is 11.4 Å². The first-order chi connectivity index (χ1) is 12.1. The molecule has 0 spiro atoms. The highest BCUT2D eigenvalue weighted by Gasteiger charge is 2.09. The maximum absolute atomic E-state index is 11.8. The molecule has 1 amide bonds. The molecule has 6 nitrogen and oxygen atoms in total. The Morgan fingerprint density at radius 1 is 1.16 bits per heavy atom. The van der Waals surface area contributed by atoms with Gasteiger partial charge in [-0.3, -0.25) is 14.9 Å². The molecule has 2 rings (SSSR count). The van der Waals surface area contributed by atoms with Gasteiger partial charge in [-0.1, -0.05) is 30.3 Å². The molecule has 0 radical (unpaired) electrons. The number of nitrogens with one attached hydrogen (secondary N) is 1. The fourth-order valence-electron chi connectivity index (χ4n) is 2.36. The molecule has 2 aromatic rings. The highest BCUT2D eigenvalue weighted by Crippen LogP contribution is 2.18. The summed E-state index contributed by atoms with van der Waals surface area (Å²) in [7, 11) is 2.01. The lowest BCUT2D eigenvalue weighted by Gasteiger charge is -2.18. The van der Waals surface area contributed by atoms with Crippen LogP contribution in [0.25, 0.3) is 6.08 Å². The third kappa shape index (κ3) is 5.76. The molecule has 0 bridgehead atoms. The maximum Gasteiger partial charge on any atom is 0.276 e. The van der Waals surface area contributed by atoms with E-state index in [2.05, 4.69) is 10.2 Å². The van der Waals surface area contributed by atoms with Crippen LogP contribution in [-0.4, -0.2) is 31.0 Å². The van der Waals surface area contributed by atoms with Crippen LogP contribution in [0, 0.1) is 10.1 Å². The van der Waals surface area contributed by atoms with E-state index in [4.69, 9.17) is 0 Å². The van der Waals surface area contributed by atoms with Gasteiger partial charge in [0.25, 0.3) is 5.69 Å². The van der Waals surface area contributed by atoms with Crippen LogP contribution >= 0.6 is 0 Å². The zero-order valence-corrected chi connectivity index (χ0v) is 14.1. The van der Waals surface area contributed by atoms with Gasteiger partial charge in [-0.2, -0.15) is 0 Å². The van der Waals surface area contributed by atoms with Gasteiger partial charge < -0.3 is 10.2 Å². The molecule has 0 saturated carbocycles. The quantitative estimate of drug-likeness (QED) is 0.347. The number of amides is 1. The smallest absolute Gasteiger partial charge is 0.276 e. The lowest BCUT2D eigenvalue weighted by atomic mass is 10.1. The van der Waals surface area contributed by atoms with Crippen LogP contribution in [0.5, 0.6) is 0 Å². The topological polar surface area (TPSA) is 75.5 Å². The number of hydrogen-bond donors (Lipinski definition) is 1. The van der Waals surface area contributed by atoms with E-state index in [0.717, 1.165) is 18.7 Å². The number of para-hydroxylation sites is 2. The van der Waals surface area contributed by atoms with Crippen molar-refractivity contribution in [1.29, 1.82) is 0 Å². The van der Waals surface area contributed by atoms with Gasteiger partial charge >= 0.3 is 0 Å². The Morgan fingerprint density at radius 3 is 2.56 bits per heavy atom. The average molecular weight is 339 g/mol. The number of carbonyl (C=O) groups is 1. The molecular formula is C19H21N3O3. The Hall–Kier alpha value is -3.15. The molecule has 0 fully saturated rings. The Morgan fingerprint density at radius 2 is 1.84 bits per heavy atom. The van der Waals surface area contributed by atoms with Crippen molar-refractivity contribution in [1.82, 2.24) is 5.32 Å². The average Bonchev–Trinajstić information content (AvgIpc) is 2.64. The fourth-order valence-corrected chi connectivity index (χ4v) is 2.36. The Kier molecular flexibility index (Phi) is 6.71. The van der Waals surface area contributed by atoms with Crippen molar-refractivity contribution in [3.63, 3.8) is 0 Å². The van der Waals surface area contributed by atoms with Gasteiger partial charge in [0.2, 0.25) is 5.91 Å². The molecule has 0 atom stereocenters. The van der Waals surface area contributed by atoms with Crippen LogP contribution in [0.1, 0.15) is 12.0 Å². The normalized spacial score (nSPS) is 10.6.